The van der Waals surface area contributed by atoms with E-state index in [1.165, 1.54) is 0 Å². The van der Waals surface area contributed by atoms with Crippen molar-refractivity contribution < 1.29 is 9.53 Å². The highest BCUT2D eigenvalue weighted by Crippen LogP contribution is 2.14. The van der Waals surface area contributed by atoms with Gasteiger partial charge in [-0.1, -0.05) is 29.5 Å². The zero-order chi connectivity index (χ0) is 14.6. The van der Waals surface area contributed by atoms with Crippen molar-refractivity contribution in [3.63, 3.8) is 0 Å². The van der Waals surface area contributed by atoms with Crippen molar-refractivity contribution in [1.82, 2.24) is 5.32 Å². The van der Waals surface area contributed by atoms with Crippen LogP contribution in [0.1, 0.15) is 6.42 Å². The highest BCUT2D eigenvalue weighted by Gasteiger charge is 2.01. The van der Waals surface area contributed by atoms with E-state index < -0.39 is 6.09 Å². The smallest absolute Gasteiger partial charge is 0.412 e. The van der Waals surface area contributed by atoms with Crippen molar-refractivity contribution in [3.05, 3.63) is 29.3 Å². The van der Waals surface area contributed by atoms with Crippen LogP contribution in [0.2, 0.25) is 5.02 Å². The first-order valence-electron chi connectivity index (χ1n) is 6.14. The highest BCUT2D eigenvalue weighted by atomic mass is 35.5. The van der Waals surface area contributed by atoms with Gasteiger partial charge in [-0.25, -0.2) is 4.79 Å². The molecule has 2 N–H and O–H groups in total. The summed E-state index contributed by atoms with van der Waals surface area (Å²) in [5.74, 6) is 6.21. The first-order valence-corrected chi connectivity index (χ1v) is 7.05. The van der Waals surface area contributed by atoms with Crippen LogP contribution in [0.15, 0.2) is 24.3 Å². The monoisotopic (exact) mass is 314 g/mol. The van der Waals surface area contributed by atoms with E-state index in [1.807, 2.05) is 0 Å². The van der Waals surface area contributed by atoms with E-state index in [9.17, 15) is 4.79 Å². The number of benzene rings is 1. The molecule has 0 aromatic heterocycles. The third-order valence-corrected chi connectivity index (χ3v) is 2.67. The number of rotatable bonds is 6. The fourth-order valence-electron chi connectivity index (χ4n) is 1.28. The van der Waals surface area contributed by atoms with E-state index in [-0.39, 0.29) is 6.61 Å². The average Bonchev–Trinajstić information content (AvgIpc) is 2.42. The molecule has 0 atom stereocenters. The van der Waals surface area contributed by atoms with Crippen LogP contribution in [0.4, 0.5) is 10.5 Å². The molecule has 0 fully saturated rings. The predicted octanol–water partition coefficient (Wildman–Crippen LogP) is 3.11. The van der Waals surface area contributed by atoms with E-state index in [2.05, 4.69) is 22.5 Å². The molecular weight excluding hydrogens is 299 g/mol. The van der Waals surface area contributed by atoms with Gasteiger partial charge in [0.05, 0.1) is 6.54 Å². The second kappa shape index (κ2) is 10.4. The maximum atomic E-state index is 11.4. The molecule has 1 rings (SSSR count). The Kier molecular flexibility index (Phi) is 8.64. The molecule has 4 nitrogen and oxygen atoms in total. The molecule has 1 aromatic rings. The predicted molar refractivity (Wildman–Crippen MR) is 82.4 cm³/mol. The molecule has 0 spiro atoms. The Bertz CT molecular complexity index is 484. The van der Waals surface area contributed by atoms with Crippen LogP contribution in [0.3, 0.4) is 0 Å². The van der Waals surface area contributed by atoms with Gasteiger partial charge in [0, 0.05) is 16.6 Å². The van der Waals surface area contributed by atoms with Gasteiger partial charge < -0.3 is 10.1 Å². The molecule has 0 aliphatic heterocycles. The van der Waals surface area contributed by atoms with Crippen LogP contribution in [0.5, 0.6) is 0 Å². The van der Waals surface area contributed by atoms with E-state index in [0.717, 1.165) is 13.0 Å². The van der Waals surface area contributed by atoms with Crippen molar-refractivity contribution in [2.24, 2.45) is 0 Å². The summed E-state index contributed by atoms with van der Waals surface area (Å²) in [5, 5.41) is 6.20. The van der Waals surface area contributed by atoms with E-state index >= 15 is 0 Å². The lowest BCUT2D eigenvalue weighted by Gasteiger charge is -2.04. The van der Waals surface area contributed by atoms with Crippen LogP contribution in [0, 0.1) is 11.8 Å². The standard InChI is InChI=1S/C14H16Cl2N2O2/c15-7-4-9-17-8-1-2-10-20-14(19)18-13-6-3-5-12(16)11-13/h3,5-6,11,17H,4,7-10H2,(H,18,19). The summed E-state index contributed by atoms with van der Waals surface area (Å²) >= 11 is 11.3. The Morgan fingerprint density at radius 3 is 2.95 bits per heavy atom. The molecule has 1 aromatic carbocycles. The third kappa shape index (κ3) is 7.90. The molecule has 20 heavy (non-hydrogen) atoms. The summed E-state index contributed by atoms with van der Waals surface area (Å²) in [5.41, 5.74) is 0.582. The second-order valence-electron chi connectivity index (χ2n) is 3.78. The number of amides is 1. The van der Waals surface area contributed by atoms with Crippen LogP contribution < -0.4 is 10.6 Å². The number of anilines is 1. The summed E-state index contributed by atoms with van der Waals surface area (Å²) in [4.78, 5) is 11.4. The Morgan fingerprint density at radius 1 is 1.35 bits per heavy atom. The Morgan fingerprint density at radius 2 is 2.20 bits per heavy atom. The Balaban J connectivity index is 2.16. The minimum absolute atomic E-state index is 0.0452. The van der Waals surface area contributed by atoms with Gasteiger partial charge in [0.2, 0.25) is 0 Å². The molecule has 0 aliphatic carbocycles. The van der Waals surface area contributed by atoms with Crippen LogP contribution in [0.25, 0.3) is 0 Å². The van der Waals surface area contributed by atoms with Crippen LogP contribution >= 0.6 is 23.2 Å². The number of hydrogen-bond donors (Lipinski definition) is 2. The van der Waals surface area contributed by atoms with E-state index in [4.69, 9.17) is 27.9 Å². The van der Waals surface area contributed by atoms with Gasteiger partial charge in [-0.3, -0.25) is 5.32 Å². The summed E-state index contributed by atoms with van der Waals surface area (Å²) < 4.78 is 4.90. The molecule has 0 bridgehead atoms. The van der Waals surface area contributed by atoms with E-state index in [0.29, 0.717) is 23.1 Å². The third-order valence-electron chi connectivity index (χ3n) is 2.17. The van der Waals surface area contributed by atoms with Crippen molar-refractivity contribution in [1.29, 1.82) is 0 Å². The number of alkyl halides is 1. The minimum Gasteiger partial charge on any atom is -0.436 e. The minimum atomic E-state index is -0.559. The molecular formula is C14H16Cl2N2O2. The van der Waals surface area contributed by atoms with E-state index in [1.54, 1.807) is 24.3 Å². The molecule has 0 aliphatic rings. The van der Waals surface area contributed by atoms with Crippen LogP contribution in [-0.2, 0) is 4.74 Å². The second-order valence-corrected chi connectivity index (χ2v) is 4.60. The summed E-state index contributed by atoms with van der Waals surface area (Å²) in [7, 11) is 0. The zero-order valence-corrected chi connectivity index (χ0v) is 12.4. The lowest BCUT2D eigenvalue weighted by atomic mass is 10.3. The first kappa shape index (κ1) is 16.6. The fraction of sp³-hybridized carbons (Fsp3) is 0.357. The Labute approximate surface area is 128 Å². The summed E-state index contributed by atoms with van der Waals surface area (Å²) in [6, 6.07) is 6.82. The number of halogens is 2. The molecule has 0 saturated heterocycles. The van der Waals surface area contributed by atoms with Gasteiger partial charge in [0.15, 0.2) is 6.61 Å². The number of hydrogen-bond acceptors (Lipinski definition) is 3. The van der Waals surface area contributed by atoms with Crippen molar-refractivity contribution in [3.8, 4) is 11.8 Å². The summed E-state index contributed by atoms with van der Waals surface area (Å²) in [6.07, 6.45) is 0.346. The van der Waals surface area contributed by atoms with Crippen molar-refractivity contribution in [2.75, 3.05) is 30.9 Å². The van der Waals surface area contributed by atoms with Gasteiger partial charge in [-0.15, -0.1) is 11.6 Å². The summed E-state index contributed by atoms with van der Waals surface area (Å²) in [6.45, 7) is 1.42. The number of carbonyl (C=O) groups excluding carboxylic acids is 1. The molecule has 0 unspecified atom stereocenters. The van der Waals surface area contributed by atoms with Gasteiger partial charge in [-0.2, -0.15) is 0 Å². The maximum Gasteiger partial charge on any atom is 0.412 e. The average molecular weight is 315 g/mol. The quantitative estimate of drug-likeness (QED) is 0.482. The van der Waals surface area contributed by atoms with Gasteiger partial charge in [-0.05, 0) is 31.2 Å². The number of ether oxygens (including phenoxy) is 1. The van der Waals surface area contributed by atoms with Gasteiger partial charge in [0.25, 0.3) is 0 Å². The van der Waals surface area contributed by atoms with Gasteiger partial charge >= 0.3 is 6.09 Å². The molecule has 0 heterocycles. The molecule has 0 radical (unpaired) electrons. The lowest BCUT2D eigenvalue weighted by Crippen LogP contribution is -2.16. The molecule has 108 valence electrons. The zero-order valence-electron chi connectivity index (χ0n) is 10.9. The van der Waals surface area contributed by atoms with Crippen LogP contribution in [-0.4, -0.2) is 31.7 Å². The molecule has 1 amide bonds. The van der Waals surface area contributed by atoms with Gasteiger partial charge in [0.1, 0.15) is 0 Å². The number of nitrogens with one attached hydrogen (secondary N) is 2. The lowest BCUT2D eigenvalue weighted by molar-refractivity contribution is 0.176. The SMILES string of the molecule is O=C(Nc1cccc(Cl)c1)OCC#CCNCCCCl. The molecule has 6 heteroatoms. The topological polar surface area (TPSA) is 50.4 Å². The number of carbonyl (C=O) groups is 1. The molecule has 0 saturated carbocycles. The van der Waals surface area contributed by atoms with Crippen molar-refractivity contribution >= 4 is 35.0 Å². The van der Waals surface area contributed by atoms with Crippen molar-refractivity contribution in [2.45, 2.75) is 6.42 Å². The first-order chi connectivity index (χ1) is 9.72. The normalized spacial score (nSPS) is 9.50. The Hall–Kier alpha value is -1.41. The highest BCUT2D eigenvalue weighted by molar-refractivity contribution is 6.30. The maximum absolute atomic E-state index is 11.4. The fourth-order valence-corrected chi connectivity index (χ4v) is 1.60. The largest absolute Gasteiger partial charge is 0.436 e.